The highest BCUT2D eigenvalue weighted by Gasteiger charge is 2.23. The summed E-state index contributed by atoms with van der Waals surface area (Å²) in [5.74, 6) is -0.593. The van der Waals surface area contributed by atoms with Crippen LogP contribution in [0.15, 0.2) is 30.3 Å². The SMILES string of the molecule is CCCN(C(=O)c1ccccc1)S(N)(=O)=O. The molecule has 0 aliphatic heterocycles. The minimum absolute atomic E-state index is 0.0898. The van der Waals surface area contributed by atoms with Crippen molar-refractivity contribution in [1.29, 1.82) is 0 Å². The van der Waals surface area contributed by atoms with Gasteiger partial charge in [-0.25, -0.2) is 9.44 Å². The van der Waals surface area contributed by atoms with Crippen LogP contribution in [0.25, 0.3) is 0 Å². The Bertz CT molecular complexity index is 456. The highest BCUT2D eigenvalue weighted by atomic mass is 32.2. The molecule has 0 bridgehead atoms. The zero-order valence-electron chi connectivity index (χ0n) is 8.96. The number of carbonyl (C=O) groups excluding carboxylic acids is 1. The summed E-state index contributed by atoms with van der Waals surface area (Å²) in [6.07, 6.45) is 0.523. The third-order valence-corrected chi connectivity index (χ3v) is 2.94. The number of hydrogen-bond acceptors (Lipinski definition) is 3. The Morgan fingerprint density at radius 1 is 1.31 bits per heavy atom. The zero-order chi connectivity index (χ0) is 12.2. The Balaban J connectivity index is 3.02. The smallest absolute Gasteiger partial charge is 0.268 e. The van der Waals surface area contributed by atoms with Crippen molar-refractivity contribution in [2.45, 2.75) is 13.3 Å². The van der Waals surface area contributed by atoms with Crippen molar-refractivity contribution in [3.8, 4) is 0 Å². The van der Waals surface area contributed by atoms with Crippen molar-refractivity contribution in [3.63, 3.8) is 0 Å². The Labute approximate surface area is 95.0 Å². The quantitative estimate of drug-likeness (QED) is 0.845. The van der Waals surface area contributed by atoms with Crippen LogP contribution in [0, 0.1) is 0 Å². The molecule has 88 valence electrons. The second-order valence-electron chi connectivity index (χ2n) is 3.29. The van der Waals surface area contributed by atoms with Crippen molar-refractivity contribution in [2.24, 2.45) is 5.14 Å². The molecule has 0 atom stereocenters. The summed E-state index contributed by atoms with van der Waals surface area (Å²) in [5, 5.41) is 4.98. The minimum Gasteiger partial charge on any atom is -0.268 e. The molecule has 1 aromatic carbocycles. The molecule has 6 heteroatoms. The first-order valence-corrected chi connectivity index (χ1v) is 6.37. The van der Waals surface area contributed by atoms with Gasteiger partial charge in [0.05, 0.1) is 0 Å². The highest BCUT2D eigenvalue weighted by Crippen LogP contribution is 2.07. The fraction of sp³-hybridized carbons (Fsp3) is 0.300. The molecule has 0 fully saturated rings. The maximum atomic E-state index is 11.8. The summed E-state index contributed by atoms with van der Waals surface area (Å²) in [6, 6.07) is 8.19. The first kappa shape index (κ1) is 12.7. The zero-order valence-corrected chi connectivity index (χ0v) is 9.78. The van der Waals surface area contributed by atoms with E-state index in [2.05, 4.69) is 0 Å². The van der Waals surface area contributed by atoms with Crippen molar-refractivity contribution in [3.05, 3.63) is 35.9 Å². The summed E-state index contributed by atoms with van der Waals surface area (Å²) in [4.78, 5) is 11.8. The number of benzene rings is 1. The van der Waals surface area contributed by atoms with Gasteiger partial charge in [-0.3, -0.25) is 4.79 Å². The van der Waals surface area contributed by atoms with Crippen LogP contribution in [0.1, 0.15) is 23.7 Å². The van der Waals surface area contributed by atoms with Gasteiger partial charge in [-0.1, -0.05) is 25.1 Å². The molecule has 0 spiro atoms. The first-order chi connectivity index (χ1) is 7.46. The van der Waals surface area contributed by atoms with E-state index in [9.17, 15) is 13.2 Å². The van der Waals surface area contributed by atoms with Gasteiger partial charge >= 0.3 is 10.2 Å². The standard InChI is InChI=1S/C10H14N2O3S/c1-2-8-12(16(11,14)15)10(13)9-6-4-3-5-7-9/h3-7H,2,8H2,1H3,(H2,11,14,15). The van der Waals surface area contributed by atoms with E-state index in [0.717, 1.165) is 0 Å². The van der Waals surface area contributed by atoms with Crippen LogP contribution in [0.3, 0.4) is 0 Å². The van der Waals surface area contributed by atoms with E-state index in [1.165, 1.54) is 0 Å². The normalized spacial score (nSPS) is 11.1. The van der Waals surface area contributed by atoms with Gasteiger partial charge in [0.2, 0.25) is 0 Å². The van der Waals surface area contributed by atoms with Crippen molar-refractivity contribution in [1.82, 2.24) is 4.31 Å². The molecule has 5 nitrogen and oxygen atoms in total. The molecule has 1 amide bonds. The van der Waals surface area contributed by atoms with E-state index in [4.69, 9.17) is 5.14 Å². The predicted octanol–water partition coefficient (Wildman–Crippen LogP) is 0.742. The molecule has 1 rings (SSSR count). The van der Waals surface area contributed by atoms with Gasteiger partial charge in [-0.15, -0.1) is 0 Å². The first-order valence-electron chi connectivity index (χ1n) is 4.86. The molecular formula is C10H14N2O3S. The number of carbonyl (C=O) groups is 1. The molecule has 0 radical (unpaired) electrons. The number of nitrogens with two attached hydrogens (primary N) is 1. The Morgan fingerprint density at radius 3 is 2.31 bits per heavy atom. The van der Waals surface area contributed by atoms with Gasteiger partial charge in [0, 0.05) is 12.1 Å². The second-order valence-corrected chi connectivity index (χ2v) is 4.76. The van der Waals surface area contributed by atoms with Gasteiger partial charge in [0.15, 0.2) is 0 Å². The van der Waals surface area contributed by atoms with E-state index in [-0.39, 0.29) is 6.54 Å². The van der Waals surface area contributed by atoms with Crippen LogP contribution in [0.5, 0.6) is 0 Å². The van der Waals surface area contributed by atoms with Crippen LogP contribution >= 0.6 is 0 Å². The monoisotopic (exact) mass is 242 g/mol. The number of amides is 1. The minimum atomic E-state index is -3.99. The average molecular weight is 242 g/mol. The van der Waals surface area contributed by atoms with Gasteiger partial charge < -0.3 is 0 Å². The Kier molecular flexibility index (Phi) is 4.03. The molecule has 0 aliphatic rings. The lowest BCUT2D eigenvalue weighted by atomic mass is 10.2. The van der Waals surface area contributed by atoms with Crippen molar-refractivity contribution >= 4 is 16.1 Å². The van der Waals surface area contributed by atoms with Gasteiger partial charge in [-0.05, 0) is 18.6 Å². The second kappa shape index (κ2) is 5.09. The number of hydrogen-bond donors (Lipinski definition) is 1. The third-order valence-electron chi connectivity index (χ3n) is 1.98. The van der Waals surface area contributed by atoms with Crippen LogP contribution in [-0.2, 0) is 10.2 Å². The maximum Gasteiger partial charge on any atom is 0.301 e. The van der Waals surface area contributed by atoms with Crippen molar-refractivity contribution < 1.29 is 13.2 Å². The molecule has 16 heavy (non-hydrogen) atoms. The third kappa shape index (κ3) is 3.04. The highest BCUT2D eigenvalue weighted by molar-refractivity contribution is 7.87. The van der Waals surface area contributed by atoms with Crippen LogP contribution in [-0.4, -0.2) is 25.2 Å². The number of rotatable bonds is 4. The number of nitrogens with zero attached hydrogens (tertiary/aromatic N) is 1. The molecule has 0 unspecified atom stereocenters. The fourth-order valence-corrected chi connectivity index (χ4v) is 2.05. The van der Waals surface area contributed by atoms with Crippen molar-refractivity contribution in [2.75, 3.05) is 6.54 Å². The van der Waals surface area contributed by atoms with Crippen LogP contribution < -0.4 is 5.14 Å². The lowest BCUT2D eigenvalue weighted by Gasteiger charge is -2.18. The van der Waals surface area contributed by atoms with Crippen LogP contribution in [0.2, 0.25) is 0 Å². The lowest BCUT2D eigenvalue weighted by molar-refractivity contribution is 0.0861. The summed E-state index contributed by atoms with van der Waals surface area (Å²) in [7, 11) is -3.99. The van der Waals surface area contributed by atoms with E-state index in [0.29, 0.717) is 16.3 Å². The molecule has 0 aliphatic carbocycles. The van der Waals surface area contributed by atoms with Crippen LogP contribution in [0.4, 0.5) is 0 Å². The van der Waals surface area contributed by atoms with E-state index in [1.54, 1.807) is 37.3 Å². The molecule has 1 aromatic rings. The summed E-state index contributed by atoms with van der Waals surface area (Å²) >= 11 is 0. The van der Waals surface area contributed by atoms with E-state index >= 15 is 0 Å². The molecular weight excluding hydrogens is 228 g/mol. The largest absolute Gasteiger partial charge is 0.301 e. The summed E-state index contributed by atoms with van der Waals surface area (Å²) < 4.78 is 23.1. The predicted molar refractivity (Wildman–Crippen MR) is 60.9 cm³/mol. The summed E-state index contributed by atoms with van der Waals surface area (Å²) in [6.45, 7) is 1.86. The van der Waals surface area contributed by atoms with E-state index in [1.807, 2.05) is 0 Å². The molecule has 2 N–H and O–H groups in total. The summed E-state index contributed by atoms with van der Waals surface area (Å²) in [5.41, 5.74) is 0.310. The molecule has 0 saturated carbocycles. The maximum absolute atomic E-state index is 11.8. The fourth-order valence-electron chi connectivity index (χ4n) is 1.27. The topological polar surface area (TPSA) is 80.5 Å². The lowest BCUT2D eigenvalue weighted by Crippen LogP contribution is -2.41. The Hall–Kier alpha value is -1.40. The van der Waals surface area contributed by atoms with Gasteiger partial charge in [0.1, 0.15) is 0 Å². The average Bonchev–Trinajstić information content (AvgIpc) is 2.25. The molecule has 0 heterocycles. The molecule has 0 aromatic heterocycles. The van der Waals surface area contributed by atoms with E-state index < -0.39 is 16.1 Å². The van der Waals surface area contributed by atoms with Gasteiger partial charge in [-0.2, -0.15) is 8.42 Å². The molecule has 0 saturated heterocycles. The van der Waals surface area contributed by atoms with Gasteiger partial charge in [0.25, 0.3) is 5.91 Å². The Morgan fingerprint density at radius 2 is 1.88 bits per heavy atom.